The van der Waals surface area contributed by atoms with Gasteiger partial charge in [-0.15, -0.1) is 0 Å². The van der Waals surface area contributed by atoms with Crippen molar-refractivity contribution in [3.05, 3.63) is 0 Å². The lowest BCUT2D eigenvalue weighted by Gasteiger charge is -2.23. The van der Waals surface area contributed by atoms with Crippen LogP contribution in [-0.2, 0) is 14.3 Å². The van der Waals surface area contributed by atoms with Crippen LogP contribution in [-0.4, -0.2) is 66.8 Å². The number of carbonyl (C=O) groups excluding carboxylic acids is 2. The zero-order chi connectivity index (χ0) is 13.4. The Kier molecular flexibility index (Phi) is 8.16. The largest absolute Gasteiger partial charge is 0.468 e. The van der Waals surface area contributed by atoms with Crippen molar-refractivity contribution in [2.75, 3.05) is 40.3 Å². The van der Waals surface area contributed by atoms with Crippen molar-refractivity contribution in [1.29, 1.82) is 0 Å². The molecule has 0 saturated carbocycles. The first kappa shape index (κ1) is 16.4. The SMILES string of the molecule is CCN(CC)C(=O)CN(C)CC(Br)C(=O)OC. The number of ether oxygens (including phenoxy) is 1. The number of hydrogen-bond acceptors (Lipinski definition) is 4. The Morgan fingerprint density at radius 3 is 2.24 bits per heavy atom. The molecule has 1 amide bonds. The molecule has 0 fully saturated rings. The van der Waals surface area contributed by atoms with E-state index in [1.54, 1.807) is 16.8 Å². The molecule has 0 aromatic carbocycles. The van der Waals surface area contributed by atoms with Gasteiger partial charge in [0.05, 0.1) is 13.7 Å². The first-order valence-electron chi connectivity index (χ1n) is 5.64. The van der Waals surface area contributed by atoms with E-state index in [2.05, 4.69) is 20.7 Å². The lowest BCUT2D eigenvalue weighted by Crippen LogP contribution is -2.41. The van der Waals surface area contributed by atoms with Gasteiger partial charge in [0.1, 0.15) is 4.83 Å². The monoisotopic (exact) mass is 308 g/mol. The van der Waals surface area contributed by atoms with E-state index in [9.17, 15) is 9.59 Å². The second-order valence-electron chi connectivity index (χ2n) is 3.75. The van der Waals surface area contributed by atoms with Crippen LogP contribution in [0.3, 0.4) is 0 Å². The van der Waals surface area contributed by atoms with Crippen molar-refractivity contribution < 1.29 is 14.3 Å². The predicted octanol–water partition coefficient (Wildman–Crippen LogP) is 0.723. The maximum Gasteiger partial charge on any atom is 0.320 e. The number of halogens is 1. The molecule has 1 atom stereocenters. The first-order chi connectivity index (χ1) is 7.96. The maximum absolute atomic E-state index is 11.8. The quantitative estimate of drug-likeness (QED) is 0.514. The fraction of sp³-hybridized carbons (Fsp3) is 0.818. The number of nitrogens with zero attached hydrogens (tertiary/aromatic N) is 2. The van der Waals surface area contributed by atoms with Crippen LogP contribution in [0.5, 0.6) is 0 Å². The minimum Gasteiger partial charge on any atom is -0.468 e. The second-order valence-corrected chi connectivity index (χ2v) is 4.86. The lowest BCUT2D eigenvalue weighted by molar-refractivity contribution is -0.140. The molecule has 0 rings (SSSR count). The first-order valence-corrected chi connectivity index (χ1v) is 6.55. The molecule has 6 heteroatoms. The Morgan fingerprint density at radius 1 is 1.29 bits per heavy atom. The number of esters is 1. The number of methoxy groups -OCH3 is 1. The molecule has 100 valence electrons. The summed E-state index contributed by atoms with van der Waals surface area (Å²) < 4.78 is 4.60. The topological polar surface area (TPSA) is 49.9 Å². The third-order valence-electron chi connectivity index (χ3n) is 2.45. The zero-order valence-electron chi connectivity index (χ0n) is 10.9. The summed E-state index contributed by atoms with van der Waals surface area (Å²) >= 11 is 3.22. The normalized spacial score (nSPS) is 12.4. The Labute approximate surface area is 111 Å². The van der Waals surface area contributed by atoms with Crippen LogP contribution in [0, 0.1) is 0 Å². The van der Waals surface area contributed by atoms with Crippen LogP contribution in [0.25, 0.3) is 0 Å². The highest BCUT2D eigenvalue weighted by Gasteiger charge is 2.19. The number of amides is 1. The van der Waals surface area contributed by atoms with Gasteiger partial charge >= 0.3 is 5.97 Å². The fourth-order valence-electron chi connectivity index (χ4n) is 1.45. The zero-order valence-corrected chi connectivity index (χ0v) is 12.5. The van der Waals surface area contributed by atoms with Crippen molar-refractivity contribution in [1.82, 2.24) is 9.80 Å². The molecule has 5 nitrogen and oxygen atoms in total. The van der Waals surface area contributed by atoms with Gasteiger partial charge in [-0.1, -0.05) is 15.9 Å². The van der Waals surface area contributed by atoms with Gasteiger partial charge in [-0.3, -0.25) is 14.5 Å². The number of likely N-dealkylation sites (N-methyl/N-ethyl adjacent to an activating group) is 2. The molecule has 0 aliphatic rings. The summed E-state index contributed by atoms with van der Waals surface area (Å²) in [5, 5.41) is 0. The molecule has 0 heterocycles. The summed E-state index contributed by atoms with van der Waals surface area (Å²) in [6.45, 7) is 6.06. The van der Waals surface area contributed by atoms with Crippen molar-refractivity contribution >= 4 is 27.8 Å². The molecular weight excluding hydrogens is 288 g/mol. The van der Waals surface area contributed by atoms with Crippen LogP contribution < -0.4 is 0 Å². The van der Waals surface area contributed by atoms with E-state index in [1.807, 2.05) is 13.8 Å². The third kappa shape index (κ3) is 6.02. The van der Waals surface area contributed by atoms with Crippen LogP contribution in [0.4, 0.5) is 0 Å². The van der Waals surface area contributed by atoms with E-state index >= 15 is 0 Å². The summed E-state index contributed by atoms with van der Waals surface area (Å²) in [5.41, 5.74) is 0. The van der Waals surface area contributed by atoms with E-state index in [-0.39, 0.29) is 11.9 Å². The summed E-state index contributed by atoms with van der Waals surface area (Å²) in [4.78, 5) is 26.1. The molecule has 0 aromatic rings. The Morgan fingerprint density at radius 2 is 1.82 bits per heavy atom. The summed E-state index contributed by atoms with van der Waals surface area (Å²) in [5.74, 6) is -0.255. The number of rotatable bonds is 7. The molecule has 0 bridgehead atoms. The fourth-order valence-corrected chi connectivity index (χ4v) is 2.13. The number of alkyl halides is 1. The molecule has 0 aromatic heterocycles. The smallest absolute Gasteiger partial charge is 0.320 e. The summed E-state index contributed by atoms with van der Waals surface area (Å²) in [6.07, 6.45) is 0. The van der Waals surface area contributed by atoms with Crippen LogP contribution in [0.15, 0.2) is 0 Å². The van der Waals surface area contributed by atoms with Crippen LogP contribution in [0.1, 0.15) is 13.8 Å². The number of carbonyl (C=O) groups is 2. The second kappa shape index (κ2) is 8.47. The van der Waals surface area contributed by atoms with E-state index in [0.717, 1.165) is 0 Å². The molecular formula is C11H21BrN2O3. The lowest BCUT2D eigenvalue weighted by atomic mass is 10.3. The van der Waals surface area contributed by atoms with Gasteiger partial charge in [0, 0.05) is 19.6 Å². The third-order valence-corrected chi connectivity index (χ3v) is 3.11. The Hall–Kier alpha value is -0.620. The predicted molar refractivity (Wildman–Crippen MR) is 70.2 cm³/mol. The van der Waals surface area contributed by atoms with Crippen LogP contribution in [0.2, 0.25) is 0 Å². The highest BCUT2D eigenvalue weighted by atomic mass is 79.9. The highest BCUT2D eigenvalue weighted by molar-refractivity contribution is 9.10. The molecule has 17 heavy (non-hydrogen) atoms. The molecule has 0 N–H and O–H groups in total. The average molecular weight is 309 g/mol. The van der Waals surface area contributed by atoms with E-state index in [1.165, 1.54) is 7.11 Å². The summed E-state index contributed by atoms with van der Waals surface area (Å²) in [6, 6.07) is 0. The van der Waals surface area contributed by atoms with Gasteiger partial charge in [0.15, 0.2) is 0 Å². The van der Waals surface area contributed by atoms with Crippen molar-refractivity contribution in [3.63, 3.8) is 0 Å². The Balaban J connectivity index is 4.13. The Bertz CT molecular complexity index is 257. The van der Waals surface area contributed by atoms with Gasteiger partial charge in [0.25, 0.3) is 0 Å². The van der Waals surface area contributed by atoms with E-state index < -0.39 is 4.83 Å². The standard InChI is InChI=1S/C11H21BrN2O3/c1-5-14(6-2)10(15)8-13(3)7-9(12)11(16)17-4/h9H,5-8H2,1-4H3. The maximum atomic E-state index is 11.8. The van der Waals surface area contributed by atoms with Crippen molar-refractivity contribution in [2.45, 2.75) is 18.7 Å². The van der Waals surface area contributed by atoms with Crippen molar-refractivity contribution in [2.24, 2.45) is 0 Å². The van der Waals surface area contributed by atoms with Gasteiger partial charge in [0.2, 0.25) is 5.91 Å². The molecule has 0 aliphatic carbocycles. The number of hydrogen-bond donors (Lipinski definition) is 0. The van der Waals surface area contributed by atoms with Gasteiger partial charge in [-0.05, 0) is 20.9 Å². The minimum absolute atomic E-state index is 0.0714. The van der Waals surface area contributed by atoms with Crippen molar-refractivity contribution in [3.8, 4) is 0 Å². The molecule has 1 unspecified atom stereocenters. The molecule has 0 saturated heterocycles. The molecule has 0 aliphatic heterocycles. The minimum atomic E-state index is -0.401. The van der Waals surface area contributed by atoms with Gasteiger partial charge < -0.3 is 9.64 Å². The van der Waals surface area contributed by atoms with Gasteiger partial charge in [-0.2, -0.15) is 0 Å². The average Bonchev–Trinajstić information content (AvgIpc) is 2.29. The van der Waals surface area contributed by atoms with E-state index in [4.69, 9.17) is 0 Å². The summed E-state index contributed by atoms with van der Waals surface area (Å²) in [7, 11) is 3.15. The molecule has 0 radical (unpaired) electrons. The van der Waals surface area contributed by atoms with E-state index in [0.29, 0.717) is 26.2 Å². The van der Waals surface area contributed by atoms with Crippen LogP contribution >= 0.6 is 15.9 Å². The highest BCUT2D eigenvalue weighted by Crippen LogP contribution is 2.04. The molecule has 0 spiro atoms. The van der Waals surface area contributed by atoms with Gasteiger partial charge in [-0.25, -0.2) is 0 Å².